The van der Waals surface area contributed by atoms with Crippen LogP contribution in [0.5, 0.6) is 5.75 Å². The molecule has 0 atom stereocenters. The molecule has 112 valence electrons. The minimum absolute atomic E-state index is 0.162. The van der Waals surface area contributed by atoms with Crippen LogP contribution in [0.1, 0.15) is 21.7 Å². The number of carbonyl (C=O) groups excluding carboxylic acids is 1. The molecule has 0 N–H and O–H groups in total. The lowest BCUT2D eigenvalue weighted by Crippen LogP contribution is -2.25. The van der Waals surface area contributed by atoms with Crippen LogP contribution in [0.3, 0.4) is 0 Å². The predicted octanol–water partition coefficient (Wildman–Crippen LogP) is 2.74. The normalized spacial score (nSPS) is 10.5. The molecule has 5 nitrogen and oxygen atoms in total. The van der Waals surface area contributed by atoms with Gasteiger partial charge in [0.15, 0.2) is 0 Å². The van der Waals surface area contributed by atoms with Gasteiger partial charge < -0.3 is 9.30 Å². The second kappa shape index (κ2) is 6.01. The van der Waals surface area contributed by atoms with Gasteiger partial charge in [0.25, 0.3) is 5.91 Å². The summed E-state index contributed by atoms with van der Waals surface area (Å²) in [5, 5.41) is 1.22. The Kier molecular flexibility index (Phi) is 4.33. The number of carbonyl (C=O) groups is 1. The van der Waals surface area contributed by atoms with Crippen molar-refractivity contribution in [3.8, 4) is 11.4 Å². The molecule has 0 saturated heterocycles. The maximum absolute atomic E-state index is 12.3. The maximum Gasteiger partial charge on any atom is 0.278 e. The van der Waals surface area contributed by atoms with E-state index in [1.54, 1.807) is 14.2 Å². The summed E-state index contributed by atoms with van der Waals surface area (Å²) in [5.74, 6) is 0.641. The topological polar surface area (TPSA) is 43.7 Å². The molecule has 2 aromatic rings. The molecule has 0 fully saturated rings. The molecule has 0 spiro atoms. The predicted molar refractivity (Wildman–Crippen MR) is 80.9 cm³/mol. The Morgan fingerprint density at radius 2 is 1.76 bits per heavy atom. The standard InChI is InChI=1S/C16H20N2O3/c1-11-10-15(16(19)17(3)21-5)12(2)18(11)13-6-8-14(20-4)9-7-13/h6-10H,1-5H3. The summed E-state index contributed by atoms with van der Waals surface area (Å²) < 4.78 is 7.21. The molecule has 1 aromatic heterocycles. The number of aryl methyl sites for hydroxylation is 1. The van der Waals surface area contributed by atoms with Crippen LogP contribution in [0.15, 0.2) is 30.3 Å². The van der Waals surface area contributed by atoms with Crippen molar-refractivity contribution >= 4 is 5.91 Å². The van der Waals surface area contributed by atoms with Gasteiger partial charge in [0.05, 0.1) is 19.8 Å². The van der Waals surface area contributed by atoms with Crippen molar-refractivity contribution < 1.29 is 14.4 Å². The minimum atomic E-state index is -0.162. The van der Waals surface area contributed by atoms with Crippen LogP contribution in [0, 0.1) is 13.8 Å². The van der Waals surface area contributed by atoms with Crippen LogP contribution < -0.4 is 4.74 Å². The van der Waals surface area contributed by atoms with Crippen molar-refractivity contribution in [1.29, 1.82) is 0 Å². The largest absolute Gasteiger partial charge is 0.497 e. The van der Waals surface area contributed by atoms with Crippen molar-refractivity contribution in [2.24, 2.45) is 0 Å². The second-order valence-electron chi connectivity index (χ2n) is 4.80. The molecule has 0 aliphatic heterocycles. The van der Waals surface area contributed by atoms with Crippen molar-refractivity contribution in [3.05, 3.63) is 47.3 Å². The Morgan fingerprint density at radius 1 is 1.14 bits per heavy atom. The molecule has 0 aliphatic carbocycles. The van der Waals surface area contributed by atoms with Crippen molar-refractivity contribution in [1.82, 2.24) is 9.63 Å². The van der Waals surface area contributed by atoms with Gasteiger partial charge in [0.1, 0.15) is 5.75 Å². The van der Waals surface area contributed by atoms with Gasteiger partial charge in [-0.05, 0) is 44.2 Å². The SMILES string of the molecule is COc1ccc(-n2c(C)cc(C(=O)N(C)OC)c2C)cc1. The highest BCUT2D eigenvalue weighted by Crippen LogP contribution is 2.23. The summed E-state index contributed by atoms with van der Waals surface area (Å²) in [6, 6.07) is 9.60. The number of hydroxylamine groups is 2. The fraction of sp³-hybridized carbons (Fsp3) is 0.312. The van der Waals surface area contributed by atoms with Crippen molar-refractivity contribution in [3.63, 3.8) is 0 Å². The van der Waals surface area contributed by atoms with E-state index in [1.165, 1.54) is 12.2 Å². The lowest BCUT2D eigenvalue weighted by molar-refractivity contribution is -0.0757. The summed E-state index contributed by atoms with van der Waals surface area (Å²) in [5.41, 5.74) is 3.50. The second-order valence-corrected chi connectivity index (χ2v) is 4.80. The van der Waals surface area contributed by atoms with Gasteiger partial charge in [-0.2, -0.15) is 0 Å². The molecular weight excluding hydrogens is 268 g/mol. The molecule has 0 aliphatic rings. The van der Waals surface area contributed by atoms with Crippen LogP contribution in [0.4, 0.5) is 0 Å². The molecule has 1 heterocycles. The van der Waals surface area contributed by atoms with Gasteiger partial charge in [-0.15, -0.1) is 0 Å². The number of hydrogen-bond acceptors (Lipinski definition) is 3. The third kappa shape index (κ3) is 2.78. The van der Waals surface area contributed by atoms with E-state index < -0.39 is 0 Å². The average molecular weight is 288 g/mol. The molecule has 5 heteroatoms. The number of amides is 1. The van der Waals surface area contributed by atoms with Gasteiger partial charge >= 0.3 is 0 Å². The number of benzene rings is 1. The molecule has 0 unspecified atom stereocenters. The third-order valence-electron chi connectivity index (χ3n) is 3.55. The fourth-order valence-electron chi connectivity index (χ4n) is 2.36. The van der Waals surface area contributed by atoms with E-state index in [1.807, 2.05) is 48.7 Å². The van der Waals surface area contributed by atoms with E-state index in [0.29, 0.717) is 5.56 Å². The first-order chi connectivity index (χ1) is 9.99. The summed E-state index contributed by atoms with van der Waals surface area (Å²) >= 11 is 0. The van der Waals surface area contributed by atoms with Crippen molar-refractivity contribution in [2.75, 3.05) is 21.3 Å². The number of hydrogen-bond donors (Lipinski definition) is 0. The quantitative estimate of drug-likeness (QED) is 0.813. The molecule has 2 rings (SSSR count). The molecule has 1 aromatic carbocycles. The lowest BCUT2D eigenvalue weighted by atomic mass is 10.2. The zero-order chi connectivity index (χ0) is 15.6. The Hall–Kier alpha value is -2.27. The summed E-state index contributed by atoms with van der Waals surface area (Å²) in [4.78, 5) is 17.2. The Labute approximate surface area is 124 Å². The Bertz CT molecular complexity index is 644. The smallest absolute Gasteiger partial charge is 0.278 e. The third-order valence-corrected chi connectivity index (χ3v) is 3.55. The van der Waals surface area contributed by atoms with E-state index in [2.05, 4.69) is 0 Å². The van der Waals surface area contributed by atoms with Crippen LogP contribution in [0.2, 0.25) is 0 Å². The fourth-order valence-corrected chi connectivity index (χ4v) is 2.36. The van der Waals surface area contributed by atoms with E-state index in [-0.39, 0.29) is 5.91 Å². The Morgan fingerprint density at radius 3 is 2.29 bits per heavy atom. The lowest BCUT2D eigenvalue weighted by Gasteiger charge is -2.14. The highest BCUT2D eigenvalue weighted by molar-refractivity contribution is 5.95. The average Bonchev–Trinajstić information content (AvgIpc) is 2.80. The number of nitrogens with zero attached hydrogens (tertiary/aromatic N) is 2. The first kappa shape index (κ1) is 15.1. The molecule has 0 saturated carbocycles. The van der Waals surface area contributed by atoms with Crippen LogP contribution in [-0.4, -0.2) is 36.8 Å². The highest BCUT2D eigenvalue weighted by atomic mass is 16.7. The van der Waals surface area contributed by atoms with Gasteiger partial charge in [0.2, 0.25) is 0 Å². The number of ether oxygens (including phenoxy) is 1. The molecule has 1 amide bonds. The summed E-state index contributed by atoms with van der Waals surface area (Å²) in [7, 11) is 4.71. The molecule has 21 heavy (non-hydrogen) atoms. The minimum Gasteiger partial charge on any atom is -0.497 e. The van der Waals surface area contributed by atoms with E-state index in [0.717, 1.165) is 22.8 Å². The van der Waals surface area contributed by atoms with Crippen LogP contribution in [-0.2, 0) is 4.84 Å². The van der Waals surface area contributed by atoms with Crippen LogP contribution >= 0.6 is 0 Å². The summed E-state index contributed by atoms with van der Waals surface area (Å²) in [6.45, 7) is 3.90. The zero-order valence-electron chi connectivity index (χ0n) is 13.0. The van der Waals surface area contributed by atoms with Gasteiger partial charge in [0, 0.05) is 24.1 Å². The van der Waals surface area contributed by atoms with E-state index in [4.69, 9.17) is 9.57 Å². The number of methoxy groups -OCH3 is 1. The number of aromatic nitrogens is 1. The molecular formula is C16H20N2O3. The first-order valence-electron chi connectivity index (χ1n) is 6.65. The highest BCUT2D eigenvalue weighted by Gasteiger charge is 2.19. The van der Waals surface area contributed by atoms with Gasteiger partial charge in [-0.3, -0.25) is 9.63 Å². The maximum atomic E-state index is 12.3. The molecule has 0 radical (unpaired) electrons. The van der Waals surface area contributed by atoms with Crippen LogP contribution in [0.25, 0.3) is 5.69 Å². The number of rotatable bonds is 4. The zero-order valence-corrected chi connectivity index (χ0v) is 13.0. The summed E-state index contributed by atoms with van der Waals surface area (Å²) in [6.07, 6.45) is 0. The van der Waals surface area contributed by atoms with Crippen molar-refractivity contribution in [2.45, 2.75) is 13.8 Å². The first-order valence-corrected chi connectivity index (χ1v) is 6.65. The molecule has 0 bridgehead atoms. The van der Waals surface area contributed by atoms with E-state index in [9.17, 15) is 4.79 Å². The van der Waals surface area contributed by atoms with E-state index >= 15 is 0 Å². The monoisotopic (exact) mass is 288 g/mol. The Balaban J connectivity index is 2.45. The van der Waals surface area contributed by atoms with Gasteiger partial charge in [-0.1, -0.05) is 0 Å². The van der Waals surface area contributed by atoms with Gasteiger partial charge in [-0.25, -0.2) is 5.06 Å².